The molecule has 0 radical (unpaired) electrons. The van der Waals surface area contributed by atoms with Crippen molar-refractivity contribution in [2.75, 3.05) is 18.5 Å². The molecular formula is C23H24FN3O2S. The lowest BCUT2D eigenvalue weighted by Crippen LogP contribution is -2.51. The van der Waals surface area contributed by atoms with Crippen LogP contribution >= 0.6 is 11.3 Å². The number of nitrogens with zero attached hydrogens (tertiary/aromatic N) is 3. The summed E-state index contributed by atoms with van der Waals surface area (Å²) < 4.78 is 18.6. The molecular weight excluding hydrogens is 401 g/mol. The SMILES string of the molecule is CN(Cc1csc(COc2ccc(F)cc2)n1)C1CCCN(c2ccccc2)C1=O. The van der Waals surface area contributed by atoms with E-state index in [-0.39, 0.29) is 17.8 Å². The van der Waals surface area contributed by atoms with E-state index in [2.05, 4.69) is 9.88 Å². The van der Waals surface area contributed by atoms with E-state index in [1.165, 1.54) is 23.5 Å². The van der Waals surface area contributed by atoms with Gasteiger partial charge in [0, 0.05) is 24.2 Å². The number of benzene rings is 2. The first-order valence-corrected chi connectivity index (χ1v) is 10.9. The van der Waals surface area contributed by atoms with Crippen LogP contribution in [0.4, 0.5) is 10.1 Å². The first-order valence-electron chi connectivity index (χ1n) is 9.98. The van der Waals surface area contributed by atoms with Crippen LogP contribution in [0.1, 0.15) is 23.5 Å². The van der Waals surface area contributed by atoms with Crippen molar-refractivity contribution in [2.45, 2.75) is 32.0 Å². The smallest absolute Gasteiger partial charge is 0.244 e. The molecule has 1 unspecified atom stereocenters. The number of rotatable bonds is 7. The molecule has 1 fully saturated rings. The summed E-state index contributed by atoms with van der Waals surface area (Å²) >= 11 is 1.53. The summed E-state index contributed by atoms with van der Waals surface area (Å²) in [4.78, 5) is 21.7. The predicted molar refractivity (Wildman–Crippen MR) is 116 cm³/mol. The van der Waals surface area contributed by atoms with Gasteiger partial charge in [-0.05, 0) is 56.3 Å². The molecule has 1 atom stereocenters. The van der Waals surface area contributed by atoms with Crippen LogP contribution in [0.25, 0.3) is 0 Å². The zero-order valence-corrected chi connectivity index (χ0v) is 17.6. The third kappa shape index (κ3) is 4.86. The Bertz CT molecular complexity index is 978. The lowest BCUT2D eigenvalue weighted by atomic mass is 10.0. The van der Waals surface area contributed by atoms with Gasteiger partial charge in [0.15, 0.2) is 0 Å². The second kappa shape index (κ2) is 9.36. The standard InChI is InChI=1S/C23H24FN3O2S/c1-26(21-8-5-13-27(23(21)28)19-6-3-2-4-7-19)14-18-16-30-22(25-18)15-29-20-11-9-17(24)10-12-20/h2-4,6-7,9-12,16,21H,5,8,13-15H2,1H3. The van der Waals surface area contributed by atoms with Gasteiger partial charge >= 0.3 is 0 Å². The Labute approximate surface area is 179 Å². The molecule has 1 saturated heterocycles. The minimum Gasteiger partial charge on any atom is -0.486 e. The zero-order valence-electron chi connectivity index (χ0n) is 16.8. The number of amides is 1. The molecule has 1 aliphatic rings. The van der Waals surface area contributed by atoms with Gasteiger partial charge in [-0.1, -0.05) is 18.2 Å². The Morgan fingerprint density at radius 1 is 1.20 bits per heavy atom. The van der Waals surface area contributed by atoms with Gasteiger partial charge in [0.05, 0.1) is 11.7 Å². The van der Waals surface area contributed by atoms with E-state index in [9.17, 15) is 9.18 Å². The number of para-hydroxylation sites is 1. The molecule has 7 heteroatoms. The number of halogens is 1. The number of aromatic nitrogens is 1. The molecule has 0 bridgehead atoms. The fourth-order valence-corrected chi connectivity index (χ4v) is 4.36. The number of thiazole rings is 1. The summed E-state index contributed by atoms with van der Waals surface area (Å²) in [5, 5.41) is 2.85. The minimum absolute atomic E-state index is 0.144. The number of hydrogen-bond acceptors (Lipinski definition) is 5. The van der Waals surface area contributed by atoms with Crippen molar-refractivity contribution in [1.29, 1.82) is 0 Å². The minimum atomic E-state index is -0.287. The van der Waals surface area contributed by atoms with Crippen LogP contribution in [0.3, 0.4) is 0 Å². The van der Waals surface area contributed by atoms with Crippen LogP contribution in [0.15, 0.2) is 60.0 Å². The average Bonchev–Trinajstić information content (AvgIpc) is 3.21. The van der Waals surface area contributed by atoms with Crippen LogP contribution in [0, 0.1) is 5.82 Å². The van der Waals surface area contributed by atoms with Gasteiger partial charge in [0.25, 0.3) is 0 Å². The molecule has 1 amide bonds. The molecule has 4 rings (SSSR count). The highest BCUT2D eigenvalue weighted by Crippen LogP contribution is 2.24. The molecule has 5 nitrogen and oxygen atoms in total. The molecule has 2 heterocycles. The highest BCUT2D eigenvalue weighted by Gasteiger charge is 2.32. The highest BCUT2D eigenvalue weighted by molar-refractivity contribution is 7.09. The van der Waals surface area contributed by atoms with Gasteiger partial charge in [0.1, 0.15) is 23.2 Å². The van der Waals surface area contributed by atoms with Crippen molar-refractivity contribution >= 4 is 22.9 Å². The monoisotopic (exact) mass is 425 g/mol. The summed E-state index contributed by atoms with van der Waals surface area (Å²) in [5.41, 5.74) is 1.87. The Balaban J connectivity index is 1.35. The molecule has 156 valence electrons. The van der Waals surface area contributed by atoms with Gasteiger partial charge in [-0.15, -0.1) is 11.3 Å². The maximum absolute atomic E-state index is 13.1. The summed E-state index contributed by atoms with van der Waals surface area (Å²) in [6, 6.07) is 15.6. The van der Waals surface area contributed by atoms with Gasteiger partial charge in [-0.2, -0.15) is 0 Å². The fourth-order valence-electron chi connectivity index (χ4n) is 3.66. The van der Waals surface area contributed by atoms with E-state index >= 15 is 0 Å². The molecule has 1 aromatic heterocycles. The summed E-state index contributed by atoms with van der Waals surface area (Å²) in [6.45, 7) is 1.70. The van der Waals surface area contributed by atoms with Crippen LogP contribution in [-0.4, -0.2) is 35.4 Å². The molecule has 1 aliphatic heterocycles. The zero-order chi connectivity index (χ0) is 20.9. The molecule has 0 saturated carbocycles. The number of carbonyl (C=O) groups is 1. The lowest BCUT2D eigenvalue weighted by Gasteiger charge is -2.36. The quantitative estimate of drug-likeness (QED) is 0.560. The van der Waals surface area contributed by atoms with Gasteiger partial charge < -0.3 is 9.64 Å². The van der Waals surface area contributed by atoms with Crippen LogP contribution in [0.5, 0.6) is 5.75 Å². The maximum Gasteiger partial charge on any atom is 0.244 e. The van der Waals surface area contributed by atoms with E-state index in [1.54, 1.807) is 12.1 Å². The number of carbonyl (C=O) groups excluding carboxylic acids is 1. The molecule has 0 N–H and O–H groups in total. The second-order valence-electron chi connectivity index (χ2n) is 7.37. The average molecular weight is 426 g/mol. The third-order valence-electron chi connectivity index (χ3n) is 5.20. The van der Waals surface area contributed by atoms with E-state index in [0.717, 1.165) is 35.8 Å². The van der Waals surface area contributed by atoms with Crippen LogP contribution in [-0.2, 0) is 17.9 Å². The van der Waals surface area contributed by atoms with Crippen molar-refractivity contribution < 1.29 is 13.9 Å². The van der Waals surface area contributed by atoms with Gasteiger partial charge in [0.2, 0.25) is 5.91 Å². The van der Waals surface area contributed by atoms with Gasteiger partial charge in [-0.3, -0.25) is 9.69 Å². The number of likely N-dealkylation sites (N-methyl/N-ethyl adjacent to an activating group) is 1. The maximum atomic E-state index is 13.1. The van der Waals surface area contributed by atoms with E-state index in [4.69, 9.17) is 4.74 Å². The van der Waals surface area contributed by atoms with Crippen LogP contribution < -0.4 is 9.64 Å². The Hall–Kier alpha value is -2.77. The van der Waals surface area contributed by atoms with E-state index in [0.29, 0.717) is 18.9 Å². The molecule has 30 heavy (non-hydrogen) atoms. The highest BCUT2D eigenvalue weighted by atomic mass is 32.1. The van der Waals surface area contributed by atoms with Crippen molar-refractivity contribution in [3.63, 3.8) is 0 Å². The number of piperidine rings is 1. The predicted octanol–water partition coefficient (Wildman–Crippen LogP) is 4.49. The number of hydrogen-bond donors (Lipinski definition) is 0. The Morgan fingerprint density at radius 3 is 2.73 bits per heavy atom. The molecule has 2 aromatic carbocycles. The molecule has 0 aliphatic carbocycles. The van der Waals surface area contributed by atoms with Crippen molar-refractivity contribution in [3.05, 3.63) is 76.5 Å². The first-order chi connectivity index (χ1) is 14.6. The van der Waals surface area contributed by atoms with Crippen molar-refractivity contribution in [1.82, 2.24) is 9.88 Å². The largest absolute Gasteiger partial charge is 0.486 e. The normalized spacial score (nSPS) is 16.8. The third-order valence-corrected chi connectivity index (χ3v) is 6.07. The van der Waals surface area contributed by atoms with Crippen molar-refractivity contribution in [2.24, 2.45) is 0 Å². The summed E-state index contributed by atoms with van der Waals surface area (Å²) in [6.07, 6.45) is 1.83. The number of ether oxygens (including phenoxy) is 1. The van der Waals surface area contributed by atoms with Crippen molar-refractivity contribution in [3.8, 4) is 5.75 Å². The Morgan fingerprint density at radius 2 is 1.97 bits per heavy atom. The topological polar surface area (TPSA) is 45.7 Å². The number of anilines is 1. The Kier molecular flexibility index (Phi) is 6.40. The second-order valence-corrected chi connectivity index (χ2v) is 8.32. The molecule has 0 spiro atoms. The fraction of sp³-hybridized carbons (Fsp3) is 0.304. The summed E-state index contributed by atoms with van der Waals surface area (Å²) in [5.74, 6) is 0.467. The lowest BCUT2D eigenvalue weighted by molar-refractivity contribution is -0.125. The van der Waals surface area contributed by atoms with E-state index < -0.39 is 0 Å². The molecule has 3 aromatic rings. The summed E-state index contributed by atoms with van der Waals surface area (Å²) in [7, 11) is 1.98. The first kappa shape index (κ1) is 20.5. The van der Waals surface area contributed by atoms with E-state index in [1.807, 2.05) is 47.7 Å². The van der Waals surface area contributed by atoms with Crippen LogP contribution in [0.2, 0.25) is 0 Å². The van der Waals surface area contributed by atoms with Gasteiger partial charge in [-0.25, -0.2) is 9.37 Å².